The second kappa shape index (κ2) is 7.05. The van der Waals surface area contributed by atoms with Gasteiger partial charge in [-0.3, -0.25) is 4.55 Å². The maximum absolute atomic E-state index is 11.6. The molecule has 8 nitrogen and oxygen atoms in total. The fourth-order valence-corrected chi connectivity index (χ4v) is 2.26. The Morgan fingerprint density at radius 1 is 1.23 bits per heavy atom. The van der Waals surface area contributed by atoms with Crippen LogP contribution in [-0.2, 0) is 29.2 Å². The first-order valence-corrected chi connectivity index (χ1v) is 7.36. The van der Waals surface area contributed by atoms with Gasteiger partial charge < -0.3 is 14.8 Å². The summed E-state index contributed by atoms with van der Waals surface area (Å²) in [5.74, 6) is -1.75. The molecule has 1 aromatic rings. The molecule has 120 valence electrons. The molecule has 9 heteroatoms. The average molecular weight is 329 g/mol. The molecule has 2 N–H and O–H groups in total. The Kier molecular flexibility index (Phi) is 5.66. The number of rotatable bonds is 5. The number of hydrogen-bond acceptors (Lipinski definition) is 7. The van der Waals surface area contributed by atoms with Crippen molar-refractivity contribution >= 4 is 27.7 Å². The Labute approximate surface area is 127 Å². The van der Waals surface area contributed by atoms with E-state index < -0.39 is 27.0 Å². The van der Waals surface area contributed by atoms with E-state index in [9.17, 15) is 22.6 Å². The van der Waals surface area contributed by atoms with Crippen LogP contribution in [0.3, 0.4) is 0 Å². The van der Waals surface area contributed by atoms with Crippen LogP contribution in [0.2, 0.25) is 0 Å². The van der Waals surface area contributed by atoms with Gasteiger partial charge in [0, 0.05) is 0 Å². The molecule has 1 aromatic carbocycles. The molecule has 0 aromatic heterocycles. The summed E-state index contributed by atoms with van der Waals surface area (Å²) in [7, 11) is -2.32. The Balaban J connectivity index is 3.34. The highest BCUT2D eigenvalue weighted by Crippen LogP contribution is 2.24. The predicted octanol–water partition coefficient (Wildman–Crippen LogP) is 0.884. The van der Waals surface area contributed by atoms with Gasteiger partial charge in [-0.1, -0.05) is 6.07 Å². The molecule has 0 radical (unpaired) electrons. The number of methoxy groups -OCH3 is 2. The molecule has 1 rings (SSSR count). The zero-order valence-electron chi connectivity index (χ0n) is 12.1. The summed E-state index contributed by atoms with van der Waals surface area (Å²) in [5, 5.41) is 2.44. The molecule has 0 saturated carbocycles. The molecule has 22 heavy (non-hydrogen) atoms. The second-order valence-electron chi connectivity index (χ2n) is 4.17. The third-order valence-electron chi connectivity index (χ3n) is 2.55. The van der Waals surface area contributed by atoms with Crippen LogP contribution in [0.15, 0.2) is 34.9 Å². The molecular formula is C13H15NO7S. The molecule has 0 unspecified atom stereocenters. The summed E-state index contributed by atoms with van der Waals surface area (Å²) in [4.78, 5) is 22.4. The molecular weight excluding hydrogens is 314 g/mol. The van der Waals surface area contributed by atoms with Crippen LogP contribution >= 0.6 is 0 Å². The van der Waals surface area contributed by atoms with E-state index in [1.54, 1.807) is 13.0 Å². The van der Waals surface area contributed by atoms with Gasteiger partial charge in [-0.25, -0.2) is 9.59 Å². The van der Waals surface area contributed by atoms with E-state index in [4.69, 9.17) is 0 Å². The van der Waals surface area contributed by atoms with Gasteiger partial charge in [0.15, 0.2) is 0 Å². The van der Waals surface area contributed by atoms with Crippen LogP contribution < -0.4 is 5.32 Å². The normalized spacial score (nSPS) is 11.7. The van der Waals surface area contributed by atoms with Gasteiger partial charge in [-0.05, 0) is 24.6 Å². The summed E-state index contributed by atoms with van der Waals surface area (Å²) in [6.45, 7) is 1.63. The van der Waals surface area contributed by atoms with Crippen molar-refractivity contribution in [2.45, 2.75) is 11.8 Å². The summed E-state index contributed by atoms with van der Waals surface area (Å²) >= 11 is 0. The van der Waals surface area contributed by atoms with Crippen molar-refractivity contribution in [3.63, 3.8) is 0 Å². The Morgan fingerprint density at radius 3 is 2.36 bits per heavy atom. The smallest absolute Gasteiger partial charge is 0.354 e. The molecule has 0 amide bonds. The highest BCUT2D eigenvalue weighted by Gasteiger charge is 2.19. The fraction of sp³-hybridized carbons (Fsp3) is 0.231. The first-order valence-electron chi connectivity index (χ1n) is 5.92. The molecule has 0 spiro atoms. The van der Waals surface area contributed by atoms with E-state index in [0.29, 0.717) is 5.56 Å². The standard InChI is InChI=1S/C13H15NO7S/c1-8-4-5-9(11(6-8)22(17,18)19)14-10(13(16)21-3)7-12(15)20-2/h4-7,14H,1-3H3,(H,17,18,19)/b10-7+. The van der Waals surface area contributed by atoms with Gasteiger partial charge in [-0.2, -0.15) is 8.42 Å². The lowest BCUT2D eigenvalue weighted by atomic mass is 10.2. The lowest BCUT2D eigenvalue weighted by molar-refractivity contribution is -0.138. The second-order valence-corrected chi connectivity index (χ2v) is 5.56. The predicted molar refractivity (Wildman–Crippen MR) is 76.7 cm³/mol. The topological polar surface area (TPSA) is 119 Å². The molecule has 0 fully saturated rings. The number of ether oxygens (including phenoxy) is 2. The van der Waals surface area contributed by atoms with Gasteiger partial charge in [-0.15, -0.1) is 0 Å². The maximum Gasteiger partial charge on any atom is 0.354 e. The van der Waals surface area contributed by atoms with Crippen LogP contribution in [0.4, 0.5) is 5.69 Å². The van der Waals surface area contributed by atoms with Gasteiger partial charge in [0.05, 0.1) is 26.0 Å². The Morgan fingerprint density at radius 2 is 1.86 bits per heavy atom. The highest BCUT2D eigenvalue weighted by atomic mass is 32.2. The average Bonchev–Trinajstić information content (AvgIpc) is 2.46. The number of aryl methyl sites for hydroxylation is 1. The van der Waals surface area contributed by atoms with Crippen molar-refractivity contribution < 1.29 is 32.0 Å². The number of anilines is 1. The van der Waals surface area contributed by atoms with Crippen LogP contribution in [-0.4, -0.2) is 39.1 Å². The van der Waals surface area contributed by atoms with Gasteiger partial charge in [0.2, 0.25) is 0 Å². The molecule has 0 atom stereocenters. The van der Waals surface area contributed by atoms with E-state index in [-0.39, 0.29) is 11.4 Å². The van der Waals surface area contributed by atoms with Gasteiger partial charge in [0.1, 0.15) is 10.6 Å². The van der Waals surface area contributed by atoms with Gasteiger partial charge in [0.25, 0.3) is 10.1 Å². The molecule has 0 heterocycles. The lowest BCUT2D eigenvalue weighted by Gasteiger charge is -2.12. The molecule has 0 aliphatic rings. The van der Waals surface area contributed by atoms with Crippen LogP contribution in [0, 0.1) is 6.92 Å². The van der Waals surface area contributed by atoms with Crippen molar-refractivity contribution in [1.82, 2.24) is 0 Å². The fourth-order valence-electron chi connectivity index (χ4n) is 1.52. The Hall–Kier alpha value is -2.39. The zero-order chi connectivity index (χ0) is 16.9. The lowest BCUT2D eigenvalue weighted by Crippen LogP contribution is -2.17. The van der Waals surface area contributed by atoms with Crippen LogP contribution in [0.1, 0.15) is 5.56 Å². The highest BCUT2D eigenvalue weighted by molar-refractivity contribution is 7.86. The summed E-state index contributed by atoms with van der Waals surface area (Å²) < 4.78 is 40.9. The summed E-state index contributed by atoms with van der Waals surface area (Å²) in [6.07, 6.45) is 0.805. The number of nitrogens with one attached hydrogen (secondary N) is 1. The van der Waals surface area contributed by atoms with E-state index in [0.717, 1.165) is 20.3 Å². The minimum atomic E-state index is -4.53. The summed E-state index contributed by atoms with van der Waals surface area (Å²) in [5.41, 5.74) is 0.145. The van der Waals surface area contributed by atoms with E-state index in [2.05, 4.69) is 14.8 Å². The van der Waals surface area contributed by atoms with Crippen molar-refractivity contribution in [2.75, 3.05) is 19.5 Å². The molecule has 0 bridgehead atoms. The quantitative estimate of drug-likeness (QED) is 0.464. The molecule has 0 aliphatic carbocycles. The third-order valence-corrected chi connectivity index (χ3v) is 3.45. The maximum atomic E-state index is 11.6. The van der Waals surface area contributed by atoms with Crippen molar-refractivity contribution in [3.8, 4) is 0 Å². The van der Waals surface area contributed by atoms with E-state index in [1.807, 2.05) is 0 Å². The first kappa shape index (κ1) is 17.7. The monoisotopic (exact) mass is 329 g/mol. The summed E-state index contributed by atoms with van der Waals surface area (Å²) in [6, 6.07) is 4.11. The first-order chi connectivity index (χ1) is 10.2. The van der Waals surface area contributed by atoms with Crippen molar-refractivity contribution in [2.24, 2.45) is 0 Å². The number of carbonyl (C=O) groups excluding carboxylic acids is 2. The van der Waals surface area contributed by atoms with Gasteiger partial charge >= 0.3 is 11.9 Å². The largest absolute Gasteiger partial charge is 0.466 e. The van der Waals surface area contributed by atoms with Crippen molar-refractivity contribution in [3.05, 3.63) is 35.5 Å². The van der Waals surface area contributed by atoms with E-state index >= 15 is 0 Å². The Bertz CT molecular complexity index is 722. The van der Waals surface area contributed by atoms with Crippen LogP contribution in [0.5, 0.6) is 0 Å². The number of hydrogen-bond donors (Lipinski definition) is 2. The van der Waals surface area contributed by atoms with E-state index in [1.165, 1.54) is 12.1 Å². The third kappa shape index (κ3) is 4.57. The molecule has 0 aliphatic heterocycles. The number of benzene rings is 1. The zero-order valence-corrected chi connectivity index (χ0v) is 12.9. The van der Waals surface area contributed by atoms with Crippen molar-refractivity contribution in [1.29, 1.82) is 0 Å². The minimum absolute atomic E-state index is 0.0892. The molecule has 0 saturated heterocycles. The number of esters is 2. The minimum Gasteiger partial charge on any atom is -0.466 e. The number of carbonyl (C=O) groups is 2. The van der Waals surface area contributed by atoms with Crippen LogP contribution in [0.25, 0.3) is 0 Å². The SMILES string of the molecule is COC(=O)/C=C(/Nc1ccc(C)cc1S(=O)(=O)O)C(=O)OC.